The minimum Gasteiger partial charge on any atom is -0.328 e. The number of fused-ring (bicyclic) bond motifs is 1. The van der Waals surface area contributed by atoms with Crippen LogP contribution in [-0.2, 0) is 19.4 Å². The van der Waals surface area contributed by atoms with Crippen LogP contribution in [0.25, 0.3) is 11.0 Å². The van der Waals surface area contributed by atoms with Gasteiger partial charge in [-0.3, -0.25) is 4.98 Å². The summed E-state index contributed by atoms with van der Waals surface area (Å²) in [6.45, 7) is 0.869. The van der Waals surface area contributed by atoms with Gasteiger partial charge >= 0.3 is 0 Å². The van der Waals surface area contributed by atoms with Gasteiger partial charge in [0.05, 0.1) is 11.7 Å². The van der Waals surface area contributed by atoms with Crippen molar-refractivity contribution in [1.29, 1.82) is 0 Å². The topological polar surface area (TPSA) is 30.7 Å². The van der Waals surface area contributed by atoms with Crippen molar-refractivity contribution >= 4 is 34.2 Å². The van der Waals surface area contributed by atoms with Crippen LogP contribution in [0.1, 0.15) is 11.4 Å². The maximum absolute atomic E-state index is 5.92. The predicted molar refractivity (Wildman–Crippen MR) is 87.1 cm³/mol. The molecule has 0 aliphatic rings. The molecule has 5 heteroatoms. The molecule has 0 spiro atoms. The first kappa shape index (κ1) is 14.4. The molecule has 3 rings (SSSR count). The third kappa shape index (κ3) is 3.20. The fourth-order valence-corrected chi connectivity index (χ4v) is 2.74. The molecule has 3 nitrogen and oxygen atoms in total. The average molecular weight is 320 g/mol. The molecule has 2 heterocycles. The third-order valence-corrected chi connectivity index (χ3v) is 3.93. The average Bonchev–Trinajstić information content (AvgIpc) is 2.85. The van der Waals surface area contributed by atoms with E-state index in [1.54, 1.807) is 12.4 Å². The smallest absolute Gasteiger partial charge is 0.111 e. The highest BCUT2D eigenvalue weighted by Gasteiger charge is 2.10. The Bertz CT molecular complexity index is 735. The Morgan fingerprint density at radius 3 is 2.62 bits per heavy atom. The first-order chi connectivity index (χ1) is 10.3. The molecular weight excluding hydrogens is 305 g/mol. The van der Waals surface area contributed by atoms with Gasteiger partial charge in [-0.05, 0) is 30.2 Å². The Morgan fingerprint density at radius 2 is 1.86 bits per heavy atom. The zero-order valence-corrected chi connectivity index (χ0v) is 13.0. The summed E-state index contributed by atoms with van der Waals surface area (Å²) in [4.78, 5) is 8.76. The van der Waals surface area contributed by atoms with E-state index in [0.29, 0.717) is 5.88 Å². The monoisotopic (exact) mass is 319 g/mol. The van der Waals surface area contributed by atoms with E-state index in [1.807, 2.05) is 18.2 Å². The molecule has 2 aromatic heterocycles. The lowest BCUT2D eigenvalue weighted by atomic mass is 10.1. The summed E-state index contributed by atoms with van der Waals surface area (Å²) in [5.41, 5.74) is 3.29. The Morgan fingerprint density at radius 1 is 1.05 bits per heavy atom. The first-order valence-electron chi connectivity index (χ1n) is 6.87. The molecule has 0 bridgehead atoms. The lowest BCUT2D eigenvalue weighted by Gasteiger charge is -2.08. The van der Waals surface area contributed by atoms with E-state index in [1.165, 1.54) is 5.56 Å². The third-order valence-electron chi connectivity index (χ3n) is 3.49. The van der Waals surface area contributed by atoms with Crippen LogP contribution in [0, 0.1) is 0 Å². The van der Waals surface area contributed by atoms with Gasteiger partial charge in [-0.15, -0.1) is 11.6 Å². The molecule has 0 N–H and O–H groups in total. The number of halogens is 2. The van der Waals surface area contributed by atoms with Crippen LogP contribution >= 0.6 is 23.2 Å². The number of hydrogen-bond donors (Lipinski definition) is 0. The Kier molecular flexibility index (Phi) is 4.42. The second kappa shape index (κ2) is 6.46. The van der Waals surface area contributed by atoms with Crippen molar-refractivity contribution in [3.05, 3.63) is 59.1 Å². The van der Waals surface area contributed by atoms with Gasteiger partial charge < -0.3 is 4.57 Å². The molecule has 0 saturated carbocycles. The predicted octanol–water partition coefficient (Wildman–Crippen LogP) is 4.11. The van der Waals surface area contributed by atoms with Crippen molar-refractivity contribution in [3.63, 3.8) is 0 Å². The maximum atomic E-state index is 5.92. The lowest BCUT2D eigenvalue weighted by molar-refractivity contribution is 0.675. The zero-order chi connectivity index (χ0) is 14.7. The molecule has 108 valence electrons. The van der Waals surface area contributed by atoms with Crippen LogP contribution in [-0.4, -0.2) is 20.4 Å². The van der Waals surface area contributed by atoms with Crippen molar-refractivity contribution in [3.8, 4) is 0 Å². The van der Waals surface area contributed by atoms with Gasteiger partial charge in [-0.2, -0.15) is 0 Å². The van der Waals surface area contributed by atoms with Gasteiger partial charge in [0, 0.05) is 30.1 Å². The number of nitrogens with zero attached hydrogens (tertiary/aromatic N) is 3. The molecule has 0 unspecified atom stereocenters. The molecule has 0 amide bonds. The van der Waals surface area contributed by atoms with Crippen molar-refractivity contribution in [2.75, 3.05) is 5.88 Å². The highest BCUT2D eigenvalue weighted by Crippen LogP contribution is 2.17. The summed E-state index contributed by atoms with van der Waals surface area (Å²) in [5.74, 6) is 1.58. The molecule has 0 aliphatic heterocycles. The number of aryl methyl sites for hydroxylation is 3. The van der Waals surface area contributed by atoms with Crippen molar-refractivity contribution < 1.29 is 0 Å². The fourth-order valence-electron chi connectivity index (χ4n) is 2.45. The highest BCUT2D eigenvalue weighted by molar-refractivity contribution is 6.30. The van der Waals surface area contributed by atoms with Crippen molar-refractivity contribution in [1.82, 2.24) is 14.5 Å². The van der Waals surface area contributed by atoms with E-state index in [-0.39, 0.29) is 0 Å². The second-order valence-electron chi connectivity index (χ2n) is 4.86. The van der Waals surface area contributed by atoms with Crippen LogP contribution < -0.4 is 0 Å². The summed E-state index contributed by atoms with van der Waals surface area (Å²) in [5, 5.41) is 0.765. The van der Waals surface area contributed by atoms with E-state index in [2.05, 4.69) is 26.7 Å². The summed E-state index contributed by atoms with van der Waals surface area (Å²) < 4.78 is 2.23. The van der Waals surface area contributed by atoms with E-state index in [4.69, 9.17) is 23.2 Å². The van der Waals surface area contributed by atoms with E-state index < -0.39 is 0 Å². The van der Waals surface area contributed by atoms with Crippen LogP contribution in [0.2, 0.25) is 5.02 Å². The zero-order valence-electron chi connectivity index (χ0n) is 11.5. The number of alkyl halides is 1. The molecule has 0 aliphatic carbocycles. The van der Waals surface area contributed by atoms with Crippen LogP contribution in [0.15, 0.2) is 42.7 Å². The van der Waals surface area contributed by atoms with Crippen LogP contribution in [0.3, 0.4) is 0 Å². The summed E-state index contributed by atoms with van der Waals surface area (Å²) in [6.07, 6.45) is 5.29. The Hall–Kier alpha value is -1.58. The summed E-state index contributed by atoms with van der Waals surface area (Å²) in [6, 6.07) is 9.97. The van der Waals surface area contributed by atoms with Gasteiger partial charge in [-0.25, -0.2) is 4.98 Å². The van der Waals surface area contributed by atoms with Gasteiger partial charge in [0.2, 0.25) is 0 Å². The molecular formula is C16H15Cl2N3. The van der Waals surface area contributed by atoms with E-state index >= 15 is 0 Å². The largest absolute Gasteiger partial charge is 0.328 e. The SMILES string of the molecule is ClCCc1nc2cnccc2n1CCc1ccc(Cl)cc1. The fraction of sp³-hybridized carbons (Fsp3) is 0.250. The number of imidazole rings is 1. The number of benzene rings is 1. The number of rotatable bonds is 5. The minimum atomic E-state index is 0.567. The highest BCUT2D eigenvalue weighted by atomic mass is 35.5. The molecule has 21 heavy (non-hydrogen) atoms. The van der Waals surface area contributed by atoms with Crippen molar-refractivity contribution in [2.24, 2.45) is 0 Å². The first-order valence-corrected chi connectivity index (χ1v) is 7.78. The maximum Gasteiger partial charge on any atom is 0.111 e. The van der Waals surface area contributed by atoms with Crippen molar-refractivity contribution in [2.45, 2.75) is 19.4 Å². The van der Waals surface area contributed by atoms with Gasteiger partial charge in [0.15, 0.2) is 0 Å². The molecule has 1 aromatic carbocycles. The quantitative estimate of drug-likeness (QED) is 0.662. The molecule has 3 aromatic rings. The lowest BCUT2D eigenvalue weighted by Crippen LogP contribution is -2.07. The molecule has 0 atom stereocenters. The van der Waals surface area contributed by atoms with Gasteiger partial charge in [-0.1, -0.05) is 23.7 Å². The summed E-state index contributed by atoms with van der Waals surface area (Å²) in [7, 11) is 0. The Balaban J connectivity index is 1.87. The van der Waals surface area contributed by atoms with Gasteiger partial charge in [0.1, 0.15) is 11.3 Å². The Labute approximate surface area is 133 Å². The number of pyridine rings is 1. The van der Waals surface area contributed by atoms with E-state index in [0.717, 1.165) is 41.3 Å². The standard InChI is InChI=1S/C16H15Cl2N3/c17-8-5-16-20-14-11-19-9-6-15(14)21(16)10-7-12-1-3-13(18)4-2-12/h1-4,6,9,11H,5,7-8,10H2. The second-order valence-corrected chi connectivity index (χ2v) is 5.67. The number of aromatic nitrogens is 3. The van der Waals surface area contributed by atoms with Gasteiger partial charge in [0.25, 0.3) is 0 Å². The summed E-state index contributed by atoms with van der Waals surface area (Å²) >= 11 is 11.8. The normalized spacial score (nSPS) is 11.1. The molecule has 0 saturated heterocycles. The van der Waals surface area contributed by atoms with E-state index in [9.17, 15) is 0 Å². The number of hydrogen-bond acceptors (Lipinski definition) is 2. The van der Waals surface area contributed by atoms with Crippen LogP contribution in [0.4, 0.5) is 0 Å². The molecule has 0 fully saturated rings. The molecule has 0 radical (unpaired) electrons. The van der Waals surface area contributed by atoms with Crippen LogP contribution in [0.5, 0.6) is 0 Å². The minimum absolute atomic E-state index is 0.567.